The first-order valence-electron chi connectivity index (χ1n) is 16.4. The lowest BCUT2D eigenvalue weighted by molar-refractivity contribution is -0.191. The lowest BCUT2D eigenvalue weighted by Crippen LogP contribution is -2.48. The summed E-state index contributed by atoms with van der Waals surface area (Å²) in [5.74, 6) is -4.90. The summed E-state index contributed by atoms with van der Waals surface area (Å²) in [6, 6.07) is 16.5. The van der Waals surface area contributed by atoms with Crippen LogP contribution in [0, 0.1) is 5.92 Å². The molecule has 2 heterocycles. The van der Waals surface area contributed by atoms with Crippen LogP contribution in [0.2, 0.25) is 0 Å². The van der Waals surface area contributed by atoms with Gasteiger partial charge < -0.3 is 23.5 Å². The fourth-order valence-electron chi connectivity index (χ4n) is 5.84. The molecule has 270 valence electrons. The average molecular weight is 718 g/mol. The standard InChI is InChI=1S/C34H41FN3O11P/c1-23(29(40)46-26-15-9-5-10-16-26)37-50(43,49-27-17-11-6-12-18-27)45-22-34(35)24(2)33(3,30(47-34)38-20-19-28(39)36-31(38)41)48-32(42)44-21-25-13-7-4-8-14-25/h4,6-8,11-14,17-20,23-24,26,30H,5,9-10,15-16,21-22H2,1-3H3,(H,37,43)(H,36,39,41)/t23-,24-,30+,33+,34+,50?/m0/s1. The molecule has 2 aromatic carbocycles. The number of aromatic nitrogens is 2. The van der Waals surface area contributed by atoms with Crippen LogP contribution in [-0.2, 0) is 39.4 Å². The van der Waals surface area contributed by atoms with Crippen molar-refractivity contribution in [3.8, 4) is 5.75 Å². The first-order valence-corrected chi connectivity index (χ1v) is 17.9. The SMILES string of the molecule is C[C@H](NP(=O)(OC[C@@]1(F)O[C@@H](n2ccc(=O)[nH]c2=O)[C@](C)(OC(=O)OCc2ccccc2)[C@@H]1C)Oc1ccccc1)C(=O)OC1CCCCC1. The average Bonchev–Trinajstić information content (AvgIpc) is 3.28. The van der Waals surface area contributed by atoms with Gasteiger partial charge in [0, 0.05) is 12.3 Å². The van der Waals surface area contributed by atoms with E-state index in [2.05, 4.69) is 10.1 Å². The number of ether oxygens (including phenoxy) is 4. The summed E-state index contributed by atoms with van der Waals surface area (Å²) in [5, 5.41) is 2.54. The second-order valence-electron chi connectivity index (χ2n) is 12.5. The number of halogens is 1. The van der Waals surface area contributed by atoms with Crippen molar-refractivity contribution in [2.24, 2.45) is 5.92 Å². The summed E-state index contributed by atoms with van der Waals surface area (Å²) < 4.78 is 65.8. The molecule has 0 spiro atoms. The minimum atomic E-state index is -4.57. The molecule has 1 aliphatic heterocycles. The van der Waals surface area contributed by atoms with E-state index in [0.29, 0.717) is 18.4 Å². The van der Waals surface area contributed by atoms with E-state index in [0.717, 1.165) is 36.1 Å². The third-order valence-corrected chi connectivity index (χ3v) is 10.5. The van der Waals surface area contributed by atoms with Crippen molar-refractivity contribution in [2.45, 2.75) is 89.3 Å². The van der Waals surface area contributed by atoms with Crippen LogP contribution in [0.25, 0.3) is 0 Å². The molecule has 0 amide bonds. The maximum Gasteiger partial charge on any atom is 0.509 e. The molecule has 1 saturated carbocycles. The zero-order valence-corrected chi connectivity index (χ0v) is 28.8. The van der Waals surface area contributed by atoms with Crippen LogP contribution in [0.15, 0.2) is 82.5 Å². The Kier molecular flexibility index (Phi) is 11.6. The van der Waals surface area contributed by atoms with Gasteiger partial charge >= 0.3 is 25.6 Å². The molecule has 50 heavy (non-hydrogen) atoms. The third kappa shape index (κ3) is 8.88. The molecule has 5 rings (SSSR count). The highest BCUT2D eigenvalue weighted by molar-refractivity contribution is 7.52. The Balaban J connectivity index is 1.38. The lowest BCUT2D eigenvalue weighted by Gasteiger charge is -2.33. The van der Waals surface area contributed by atoms with Crippen LogP contribution in [0.4, 0.5) is 9.18 Å². The fourth-order valence-corrected chi connectivity index (χ4v) is 7.34. The number of aromatic amines is 1. The minimum absolute atomic E-state index is 0.0940. The monoisotopic (exact) mass is 717 g/mol. The van der Waals surface area contributed by atoms with Gasteiger partial charge in [-0.2, -0.15) is 5.09 Å². The van der Waals surface area contributed by atoms with E-state index < -0.39 is 67.4 Å². The highest BCUT2D eigenvalue weighted by Gasteiger charge is 2.65. The summed E-state index contributed by atoms with van der Waals surface area (Å²) in [6.45, 7) is 2.84. The van der Waals surface area contributed by atoms with Gasteiger partial charge in [-0.15, -0.1) is 0 Å². The smallest absolute Gasteiger partial charge is 0.461 e. The molecule has 1 saturated heterocycles. The predicted molar refractivity (Wildman–Crippen MR) is 177 cm³/mol. The van der Waals surface area contributed by atoms with Crippen LogP contribution in [0.3, 0.4) is 0 Å². The van der Waals surface area contributed by atoms with Gasteiger partial charge in [0.2, 0.25) is 5.85 Å². The van der Waals surface area contributed by atoms with Crippen LogP contribution in [0.1, 0.15) is 64.7 Å². The van der Waals surface area contributed by atoms with E-state index in [9.17, 15) is 23.7 Å². The Morgan fingerprint density at radius 1 is 1.06 bits per heavy atom. The molecular weight excluding hydrogens is 676 g/mol. The summed E-state index contributed by atoms with van der Waals surface area (Å²) in [5.41, 5.74) is -3.00. The van der Waals surface area contributed by atoms with Crippen LogP contribution < -0.4 is 20.9 Å². The molecule has 1 aromatic heterocycles. The number of carbonyl (C=O) groups excluding carboxylic acids is 2. The number of benzene rings is 2. The molecule has 2 fully saturated rings. The van der Waals surface area contributed by atoms with Crippen molar-refractivity contribution in [1.82, 2.24) is 14.6 Å². The second-order valence-corrected chi connectivity index (χ2v) is 14.2. The van der Waals surface area contributed by atoms with E-state index in [4.69, 9.17) is 28.0 Å². The van der Waals surface area contributed by atoms with Gasteiger partial charge in [0.25, 0.3) is 5.56 Å². The molecule has 16 heteroatoms. The Morgan fingerprint density at radius 3 is 2.38 bits per heavy atom. The number of carbonyl (C=O) groups is 2. The normalized spacial score (nSPS) is 25.6. The van der Waals surface area contributed by atoms with Gasteiger partial charge in [-0.1, -0.05) is 61.9 Å². The van der Waals surface area contributed by atoms with Gasteiger partial charge in [-0.25, -0.2) is 18.5 Å². The van der Waals surface area contributed by atoms with Gasteiger partial charge in [0.15, 0.2) is 11.8 Å². The minimum Gasteiger partial charge on any atom is -0.461 e. The Morgan fingerprint density at radius 2 is 1.72 bits per heavy atom. The molecule has 14 nitrogen and oxygen atoms in total. The molecule has 3 aromatic rings. The number of rotatable bonds is 13. The van der Waals surface area contributed by atoms with Gasteiger partial charge in [0.05, 0.1) is 5.92 Å². The lowest BCUT2D eigenvalue weighted by atomic mass is 9.86. The number of esters is 1. The summed E-state index contributed by atoms with van der Waals surface area (Å²) in [4.78, 5) is 52.7. The van der Waals surface area contributed by atoms with E-state index in [1.807, 2.05) is 0 Å². The second kappa shape index (κ2) is 15.7. The van der Waals surface area contributed by atoms with Crippen LogP contribution in [0.5, 0.6) is 5.75 Å². The van der Waals surface area contributed by atoms with Crippen molar-refractivity contribution in [2.75, 3.05) is 6.61 Å². The predicted octanol–water partition coefficient (Wildman–Crippen LogP) is 5.54. The Labute approximate surface area is 287 Å². The van der Waals surface area contributed by atoms with Crippen molar-refractivity contribution in [3.05, 3.63) is 99.3 Å². The number of hydrogen-bond acceptors (Lipinski definition) is 11. The number of hydrogen-bond donors (Lipinski definition) is 2. The topological polar surface area (TPSA) is 173 Å². The van der Waals surface area contributed by atoms with Crippen molar-refractivity contribution < 1.29 is 46.5 Å². The molecule has 2 aliphatic rings. The molecular formula is C34H41FN3O11P. The first kappa shape index (κ1) is 37.0. The number of para-hydroxylation sites is 1. The number of alkyl halides is 1. The fraction of sp³-hybridized carbons (Fsp3) is 0.471. The van der Waals surface area contributed by atoms with Gasteiger partial charge in [-0.3, -0.25) is 23.7 Å². The zero-order valence-electron chi connectivity index (χ0n) is 28.0. The van der Waals surface area contributed by atoms with Crippen LogP contribution in [-0.4, -0.2) is 51.9 Å². The largest absolute Gasteiger partial charge is 0.509 e. The van der Waals surface area contributed by atoms with Gasteiger partial charge in [0.1, 0.15) is 31.1 Å². The number of H-pyrrole nitrogens is 1. The zero-order chi connectivity index (χ0) is 35.9. The maximum absolute atomic E-state index is 17.1. The van der Waals surface area contributed by atoms with Crippen LogP contribution >= 0.6 is 7.75 Å². The summed E-state index contributed by atoms with van der Waals surface area (Å²) >= 11 is 0. The summed E-state index contributed by atoms with van der Waals surface area (Å²) in [7, 11) is -4.57. The van der Waals surface area contributed by atoms with Crippen molar-refractivity contribution >= 4 is 19.9 Å². The Hall–Kier alpha value is -4.30. The number of nitrogens with one attached hydrogen (secondary N) is 2. The van der Waals surface area contributed by atoms with Crippen molar-refractivity contribution in [3.63, 3.8) is 0 Å². The maximum atomic E-state index is 17.1. The van der Waals surface area contributed by atoms with E-state index in [-0.39, 0.29) is 18.5 Å². The highest BCUT2D eigenvalue weighted by atomic mass is 31.2. The van der Waals surface area contributed by atoms with E-state index >= 15 is 4.39 Å². The summed E-state index contributed by atoms with van der Waals surface area (Å²) in [6.07, 6.45) is 2.27. The Bertz CT molecular complexity index is 1790. The molecule has 0 radical (unpaired) electrons. The molecule has 0 bridgehead atoms. The molecule has 1 aliphatic carbocycles. The van der Waals surface area contributed by atoms with E-state index in [1.54, 1.807) is 48.5 Å². The molecule has 1 unspecified atom stereocenters. The third-order valence-electron chi connectivity index (χ3n) is 8.85. The van der Waals surface area contributed by atoms with Gasteiger partial charge in [-0.05, 0) is 57.2 Å². The quantitative estimate of drug-likeness (QED) is 0.167. The van der Waals surface area contributed by atoms with E-state index in [1.165, 1.54) is 32.9 Å². The molecule has 2 N–H and O–H groups in total. The van der Waals surface area contributed by atoms with Crippen molar-refractivity contribution in [1.29, 1.82) is 0 Å². The molecule has 6 atom stereocenters. The first-order chi connectivity index (χ1) is 23.8. The number of nitrogens with zero attached hydrogens (tertiary/aromatic N) is 1. The highest BCUT2D eigenvalue weighted by Crippen LogP contribution is 2.54.